The van der Waals surface area contributed by atoms with Crippen LogP contribution in [0.2, 0.25) is 0 Å². The van der Waals surface area contributed by atoms with Crippen LogP contribution in [-0.4, -0.2) is 18.4 Å². The lowest BCUT2D eigenvalue weighted by Gasteiger charge is -2.11. The van der Waals surface area contributed by atoms with Gasteiger partial charge < -0.3 is 16.0 Å². The minimum atomic E-state index is -4.45. The molecule has 0 unspecified atom stereocenters. The van der Waals surface area contributed by atoms with Crippen molar-refractivity contribution in [2.24, 2.45) is 0 Å². The summed E-state index contributed by atoms with van der Waals surface area (Å²) in [6.07, 6.45) is -4.45. The number of anilines is 2. The van der Waals surface area contributed by atoms with E-state index in [1.165, 1.54) is 12.1 Å². The molecule has 31 heavy (non-hydrogen) atoms. The molecule has 3 rings (SSSR count). The lowest BCUT2D eigenvalue weighted by atomic mass is 10.1. The lowest BCUT2D eigenvalue weighted by Crippen LogP contribution is -2.23. The number of alkyl halides is 3. The molecular formula is C23H20F3N3O2. The Morgan fingerprint density at radius 3 is 2.19 bits per heavy atom. The first-order valence-corrected chi connectivity index (χ1v) is 9.44. The molecule has 0 aromatic heterocycles. The van der Waals surface area contributed by atoms with Gasteiger partial charge in [-0.15, -0.1) is 0 Å². The molecule has 8 heteroatoms. The van der Waals surface area contributed by atoms with Crippen LogP contribution in [-0.2, 0) is 17.5 Å². The van der Waals surface area contributed by atoms with Crippen LogP contribution in [0.5, 0.6) is 0 Å². The Morgan fingerprint density at radius 1 is 0.806 bits per heavy atom. The second kappa shape index (κ2) is 9.80. The highest BCUT2D eigenvalue weighted by atomic mass is 19.4. The van der Waals surface area contributed by atoms with Crippen molar-refractivity contribution in [1.29, 1.82) is 0 Å². The zero-order valence-electron chi connectivity index (χ0n) is 16.4. The number of nitrogens with one attached hydrogen (secondary N) is 3. The maximum Gasteiger partial charge on any atom is 0.416 e. The van der Waals surface area contributed by atoms with E-state index in [0.717, 1.165) is 17.7 Å². The van der Waals surface area contributed by atoms with E-state index in [1.807, 2.05) is 30.3 Å². The van der Waals surface area contributed by atoms with Crippen molar-refractivity contribution in [2.45, 2.75) is 12.7 Å². The minimum absolute atomic E-state index is 0.190. The quantitative estimate of drug-likeness (QED) is 0.513. The highest BCUT2D eigenvalue weighted by molar-refractivity contribution is 5.96. The molecule has 0 atom stereocenters. The summed E-state index contributed by atoms with van der Waals surface area (Å²) in [6.45, 7) is 0.194. The Kier molecular flexibility index (Phi) is 6.92. The number of amides is 2. The van der Waals surface area contributed by atoms with Crippen LogP contribution in [0.3, 0.4) is 0 Å². The second-order valence-electron chi connectivity index (χ2n) is 6.73. The normalized spacial score (nSPS) is 10.9. The summed E-state index contributed by atoms with van der Waals surface area (Å²) >= 11 is 0. The zero-order chi connectivity index (χ0) is 22.3. The van der Waals surface area contributed by atoms with Crippen LogP contribution in [0.15, 0.2) is 78.9 Å². The number of rotatable bonds is 7. The molecule has 3 aromatic rings. The van der Waals surface area contributed by atoms with E-state index in [0.29, 0.717) is 17.8 Å². The maximum atomic E-state index is 12.7. The van der Waals surface area contributed by atoms with Gasteiger partial charge in [0.1, 0.15) is 0 Å². The summed E-state index contributed by atoms with van der Waals surface area (Å²) in [7, 11) is 0. The molecule has 0 heterocycles. The van der Waals surface area contributed by atoms with Crippen molar-refractivity contribution in [3.63, 3.8) is 0 Å². The Morgan fingerprint density at radius 2 is 1.52 bits per heavy atom. The summed E-state index contributed by atoms with van der Waals surface area (Å²) in [6, 6.07) is 20.4. The van der Waals surface area contributed by atoms with E-state index in [2.05, 4.69) is 16.0 Å². The van der Waals surface area contributed by atoms with Gasteiger partial charge in [-0.2, -0.15) is 13.2 Å². The van der Waals surface area contributed by atoms with E-state index in [4.69, 9.17) is 0 Å². The standard InChI is InChI=1S/C23H20F3N3O2/c24-23(25,26)18-7-4-8-20(13-18)27-15-21(30)29-19-11-9-17(10-12-19)22(31)28-14-16-5-2-1-3-6-16/h1-13,27H,14-15H2,(H,28,31)(H,29,30). The average molecular weight is 427 g/mol. The topological polar surface area (TPSA) is 70.2 Å². The third-order valence-electron chi connectivity index (χ3n) is 4.37. The number of benzene rings is 3. The first-order chi connectivity index (χ1) is 14.8. The largest absolute Gasteiger partial charge is 0.416 e. The summed E-state index contributed by atoms with van der Waals surface area (Å²) in [5.41, 5.74) is 1.29. The van der Waals surface area contributed by atoms with Crippen LogP contribution in [0.1, 0.15) is 21.5 Å². The monoisotopic (exact) mass is 427 g/mol. The van der Waals surface area contributed by atoms with E-state index in [9.17, 15) is 22.8 Å². The Bertz CT molecular complexity index is 1040. The molecule has 0 aliphatic carbocycles. The molecule has 0 saturated carbocycles. The number of hydrogen-bond donors (Lipinski definition) is 3. The van der Waals surface area contributed by atoms with Crippen LogP contribution in [0, 0.1) is 0 Å². The van der Waals surface area contributed by atoms with E-state index in [1.54, 1.807) is 24.3 Å². The van der Waals surface area contributed by atoms with Crippen LogP contribution in [0.25, 0.3) is 0 Å². The van der Waals surface area contributed by atoms with Crippen molar-refractivity contribution in [2.75, 3.05) is 17.2 Å². The number of carbonyl (C=O) groups excluding carboxylic acids is 2. The van der Waals surface area contributed by atoms with Crippen molar-refractivity contribution < 1.29 is 22.8 Å². The van der Waals surface area contributed by atoms with Crippen LogP contribution in [0.4, 0.5) is 24.5 Å². The van der Waals surface area contributed by atoms with Crippen LogP contribution >= 0.6 is 0 Å². The molecule has 0 spiro atoms. The first-order valence-electron chi connectivity index (χ1n) is 9.44. The highest BCUT2D eigenvalue weighted by Gasteiger charge is 2.30. The minimum Gasteiger partial charge on any atom is -0.376 e. The molecule has 3 aromatic carbocycles. The SMILES string of the molecule is O=C(CNc1cccc(C(F)(F)F)c1)Nc1ccc(C(=O)NCc2ccccc2)cc1. The van der Waals surface area contributed by atoms with Gasteiger partial charge >= 0.3 is 6.18 Å². The van der Waals surface area contributed by atoms with Crippen molar-refractivity contribution in [1.82, 2.24) is 5.32 Å². The predicted octanol–water partition coefficient (Wildman–Crippen LogP) is 4.69. The van der Waals surface area contributed by atoms with Gasteiger partial charge in [0.25, 0.3) is 5.91 Å². The van der Waals surface area contributed by atoms with Crippen molar-refractivity contribution in [3.8, 4) is 0 Å². The molecule has 0 aliphatic rings. The highest BCUT2D eigenvalue weighted by Crippen LogP contribution is 2.30. The van der Waals surface area contributed by atoms with Gasteiger partial charge in [0.2, 0.25) is 5.91 Å². The van der Waals surface area contributed by atoms with E-state index in [-0.39, 0.29) is 18.1 Å². The molecule has 0 bridgehead atoms. The molecule has 160 valence electrons. The summed E-state index contributed by atoms with van der Waals surface area (Å²) in [5.74, 6) is -0.674. The van der Waals surface area contributed by atoms with Crippen LogP contribution < -0.4 is 16.0 Å². The third kappa shape index (κ3) is 6.60. The van der Waals surface area contributed by atoms with Gasteiger partial charge in [-0.1, -0.05) is 36.4 Å². The summed E-state index contributed by atoms with van der Waals surface area (Å²) in [4.78, 5) is 24.3. The van der Waals surface area contributed by atoms with Gasteiger partial charge in [-0.3, -0.25) is 9.59 Å². The van der Waals surface area contributed by atoms with Gasteiger partial charge in [-0.05, 0) is 48.0 Å². The number of hydrogen-bond acceptors (Lipinski definition) is 3. The molecule has 0 radical (unpaired) electrons. The molecule has 2 amide bonds. The van der Waals surface area contributed by atoms with E-state index >= 15 is 0 Å². The van der Waals surface area contributed by atoms with Gasteiger partial charge in [0.15, 0.2) is 0 Å². The number of halogens is 3. The lowest BCUT2D eigenvalue weighted by molar-refractivity contribution is -0.137. The first kappa shape index (κ1) is 21.9. The Labute approximate surface area is 177 Å². The molecule has 0 fully saturated rings. The van der Waals surface area contributed by atoms with Crippen molar-refractivity contribution in [3.05, 3.63) is 95.6 Å². The maximum absolute atomic E-state index is 12.7. The molecule has 0 saturated heterocycles. The predicted molar refractivity (Wildman–Crippen MR) is 113 cm³/mol. The fraction of sp³-hybridized carbons (Fsp3) is 0.130. The van der Waals surface area contributed by atoms with E-state index < -0.39 is 17.6 Å². The Balaban J connectivity index is 1.49. The third-order valence-corrected chi connectivity index (χ3v) is 4.37. The molecular weight excluding hydrogens is 407 g/mol. The zero-order valence-corrected chi connectivity index (χ0v) is 16.4. The smallest absolute Gasteiger partial charge is 0.376 e. The van der Waals surface area contributed by atoms with Gasteiger partial charge in [0.05, 0.1) is 12.1 Å². The number of carbonyl (C=O) groups is 2. The Hall–Kier alpha value is -3.81. The van der Waals surface area contributed by atoms with Gasteiger partial charge in [0, 0.05) is 23.5 Å². The fourth-order valence-electron chi connectivity index (χ4n) is 2.78. The van der Waals surface area contributed by atoms with Gasteiger partial charge in [-0.25, -0.2) is 0 Å². The van der Waals surface area contributed by atoms with Crippen molar-refractivity contribution >= 4 is 23.2 Å². The fourth-order valence-corrected chi connectivity index (χ4v) is 2.78. The summed E-state index contributed by atoms with van der Waals surface area (Å²) < 4.78 is 38.2. The molecule has 3 N–H and O–H groups in total. The average Bonchev–Trinajstić information content (AvgIpc) is 2.77. The summed E-state index contributed by atoms with van der Waals surface area (Å²) in [5, 5.41) is 8.10. The molecule has 0 aliphatic heterocycles. The second-order valence-corrected chi connectivity index (χ2v) is 6.73. The molecule has 5 nitrogen and oxygen atoms in total.